The monoisotopic (exact) mass is 574 g/mol. The van der Waals surface area contributed by atoms with Crippen molar-refractivity contribution in [2.75, 3.05) is 20.1 Å². The van der Waals surface area contributed by atoms with Crippen LogP contribution in [-0.4, -0.2) is 94.8 Å². The van der Waals surface area contributed by atoms with Gasteiger partial charge in [0.25, 0.3) is 0 Å². The van der Waals surface area contributed by atoms with Gasteiger partial charge in [0, 0.05) is 25.2 Å². The first-order valence-corrected chi connectivity index (χ1v) is 15.9. The fourth-order valence-corrected chi connectivity index (χ4v) is 6.27. The van der Waals surface area contributed by atoms with Crippen LogP contribution in [0.4, 0.5) is 0 Å². The van der Waals surface area contributed by atoms with Gasteiger partial charge in [-0.05, 0) is 84.1 Å². The zero-order chi connectivity index (χ0) is 30.4. The molecule has 0 spiro atoms. The van der Waals surface area contributed by atoms with Crippen LogP contribution in [0.1, 0.15) is 99.8 Å². The van der Waals surface area contributed by atoms with Crippen LogP contribution < -0.4 is 5.32 Å². The second-order valence-electron chi connectivity index (χ2n) is 13.3. The summed E-state index contributed by atoms with van der Waals surface area (Å²) >= 11 is 0. The van der Waals surface area contributed by atoms with E-state index in [4.69, 9.17) is 4.74 Å². The van der Waals surface area contributed by atoms with Crippen LogP contribution in [0.25, 0.3) is 0 Å². The number of ether oxygens (including phenoxy) is 1. The number of carbonyl (C=O) groups excluding carboxylic acids is 4. The van der Waals surface area contributed by atoms with E-state index in [-0.39, 0.29) is 59.8 Å². The second-order valence-corrected chi connectivity index (χ2v) is 13.3. The Morgan fingerprint density at radius 2 is 1.51 bits per heavy atom. The maximum absolute atomic E-state index is 13.9. The van der Waals surface area contributed by atoms with Gasteiger partial charge in [0.1, 0.15) is 18.2 Å². The normalized spacial score (nSPS) is 23.9. The summed E-state index contributed by atoms with van der Waals surface area (Å²) in [6.45, 7) is 15.3. The van der Waals surface area contributed by atoms with Gasteiger partial charge in [-0.1, -0.05) is 40.2 Å². The predicted molar refractivity (Wildman–Crippen MR) is 160 cm³/mol. The van der Waals surface area contributed by atoms with Crippen molar-refractivity contribution >= 4 is 23.7 Å². The number of hydrogen-bond donors (Lipinski definition) is 1. The van der Waals surface area contributed by atoms with E-state index in [1.54, 1.807) is 23.8 Å². The molecule has 0 bridgehead atoms. The second kappa shape index (κ2) is 14.7. The summed E-state index contributed by atoms with van der Waals surface area (Å²) in [5, 5.41) is 3.09. The summed E-state index contributed by atoms with van der Waals surface area (Å²) < 4.78 is 5.62. The lowest BCUT2D eigenvalue weighted by atomic mass is 9.95. The maximum Gasteiger partial charge on any atom is 0.329 e. The molecule has 0 radical (unpaired) electrons. The highest BCUT2D eigenvalue weighted by Gasteiger charge is 2.39. The number of esters is 1. The lowest BCUT2D eigenvalue weighted by Gasteiger charge is -2.39. The van der Waals surface area contributed by atoms with E-state index in [0.29, 0.717) is 18.5 Å². The molecule has 41 heavy (non-hydrogen) atoms. The molecular formula is C32H54N4O5. The molecule has 9 nitrogen and oxygen atoms in total. The Kier molecular flexibility index (Phi) is 11.8. The van der Waals surface area contributed by atoms with Crippen molar-refractivity contribution in [3.8, 4) is 0 Å². The van der Waals surface area contributed by atoms with Crippen LogP contribution in [0.3, 0.4) is 0 Å². The predicted octanol–water partition coefficient (Wildman–Crippen LogP) is 3.91. The minimum atomic E-state index is -0.668. The molecule has 3 rings (SSSR count). The van der Waals surface area contributed by atoms with Crippen molar-refractivity contribution < 1.29 is 23.9 Å². The van der Waals surface area contributed by atoms with Crippen molar-refractivity contribution in [1.82, 2.24) is 20.0 Å². The SMILES string of the molecule is CC(=C[C@H](C(C)C)N(C)C(=O)[C@@H](NC(=O)C1CCCCN1C(C)C)C(C)C)C(=O)N1CCC[C@H]1C(=O)OC1CCC1. The van der Waals surface area contributed by atoms with E-state index < -0.39 is 12.1 Å². The minimum Gasteiger partial charge on any atom is -0.461 e. The molecule has 2 aliphatic heterocycles. The first-order chi connectivity index (χ1) is 19.3. The quantitative estimate of drug-likeness (QED) is 0.297. The van der Waals surface area contributed by atoms with Gasteiger partial charge < -0.3 is 19.9 Å². The zero-order valence-corrected chi connectivity index (χ0v) is 26.7. The fraction of sp³-hybridized carbons (Fsp3) is 0.812. The molecule has 0 aromatic rings. The number of carbonyl (C=O) groups is 4. The van der Waals surface area contributed by atoms with Crippen LogP contribution in [0, 0.1) is 11.8 Å². The van der Waals surface area contributed by atoms with Gasteiger partial charge >= 0.3 is 5.97 Å². The van der Waals surface area contributed by atoms with Crippen molar-refractivity contribution in [3.63, 3.8) is 0 Å². The van der Waals surface area contributed by atoms with E-state index in [1.165, 1.54) is 0 Å². The van der Waals surface area contributed by atoms with Crippen LogP contribution in [0.5, 0.6) is 0 Å². The number of likely N-dealkylation sites (tertiary alicyclic amines) is 2. The van der Waals surface area contributed by atoms with E-state index >= 15 is 0 Å². The number of rotatable bonds is 11. The Morgan fingerprint density at radius 3 is 2.07 bits per heavy atom. The lowest BCUT2D eigenvalue weighted by molar-refractivity contribution is -0.160. The third-order valence-electron chi connectivity index (χ3n) is 9.10. The number of nitrogens with one attached hydrogen (secondary N) is 1. The number of likely N-dealkylation sites (N-methyl/N-ethyl adjacent to an activating group) is 1. The summed E-state index contributed by atoms with van der Waals surface area (Å²) in [4.78, 5) is 59.1. The molecular weight excluding hydrogens is 520 g/mol. The highest BCUT2D eigenvalue weighted by atomic mass is 16.5. The topological polar surface area (TPSA) is 99.3 Å². The molecule has 1 unspecified atom stereocenters. The molecule has 3 fully saturated rings. The minimum absolute atomic E-state index is 0.0115. The Hall–Kier alpha value is -2.42. The standard InChI is InChI=1S/C32H54N4O5/c1-20(2)27(19-23(7)30(38)36-18-12-16-26(36)32(40)41-24-13-11-14-24)34(8)31(39)28(21(3)4)33-29(37)25-15-9-10-17-35(25)22(5)6/h19-22,24-28H,9-18H2,1-8H3,(H,33,37)/t25?,26-,27+,28-/m0/s1. The summed E-state index contributed by atoms with van der Waals surface area (Å²) in [5.41, 5.74) is 0.506. The zero-order valence-electron chi connectivity index (χ0n) is 26.7. The van der Waals surface area contributed by atoms with Gasteiger partial charge in [0.05, 0.1) is 12.1 Å². The van der Waals surface area contributed by atoms with E-state index in [2.05, 4.69) is 24.1 Å². The van der Waals surface area contributed by atoms with Crippen molar-refractivity contribution in [2.24, 2.45) is 11.8 Å². The molecule has 232 valence electrons. The largest absolute Gasteiger partial charge is 0.461 e. The van der Waals surface area contributed by atoms with Gasteiger partial charge in [-0.3, -0.25) is 19.3 Å². The lowest BCUT2D eigenvalue weighted by Crippen LogP contribution is -2.58. The third kappa shape index (κ3) is 8.11. The molecule has 3 aliphatic rings. The molecule has 1 saturated carbocycles. The highest BCUT2D eigenvalue weighted by molar-refractivity contribution is 5.96. The van der Waals surface area contributed by atoms with Gasteiger partial charge in [-0.15, -0.1) is 0 Å². The first kappa shape index (κ1) is 33.1. The Balaban J connectivity index is 1.72. The molecule has 4 atom stereocenters. The number of hydrogen-bond acceptors (Lipinski definition) is 6. The molecule has 1 N–H and O–H groups in total. The summed E-state index contributed by atoms with van der Waals surface area (Å²) in [6, 6.07) is -1.54. The number of nitrogens with zero attached hydrogens (tertiary/aromatic N) is 3. The van der Waals surface area contributed by atoms with Gasteiger partial charge in [-0.25, -0.2) is 4.79 Å². The highest BCUT2D eigenvalue weighted by Crippen LogP contribution is 2.27. The van der Waals surface area contributed by atoms with Gasteiger partial charge in [0.2, 0.25) is 17.7 Å². The van der Waals surface area contributed by atoms with Gasteiger partial charge in [0.15, 0.2) is 0 Å². The van der Waals surface area contributed by atoms with E-state index in [0.717, 1.165) is 51.5 Å². The molecule has 3 amide bonds. The summed E-state index contributed by atoms with van der Waals surface area (Å²) in [5.74, 6) is -0.816. The van der Waals surface area contributed by atoms with E-state index in [1.807, 2.05) is 33.8 Å². The fourth-order valence-electron chi connectivity index (χ4n) is 6.27. The Labute approximate surface area is 247 Å². The average molecular weight is 575 g/mol. The average Bonchev–Trinajstić information content (AvgIpc) is 3.40. The van der Waals surface area contributed by atoms with Crippen LogP contribution in [-0.2, 0) is 23.9 Å². The van der Waals surface area contributed by atoms with Crippen LogP contribution in [0.2, 0.25) is 0 Å². The number of piperidine rings is 1. The Morgan fingerprint density at radius 1 is 0.854 bits per heavy atom. The van der Waals surface area contributed by atoms with Crippen LogP contribution >= 0.6 is 0 Å². The first-order valence-electron chi connectivity index (χ1n) is 15.9. The van der Waals surface area contributed by atoms with Crippen LogP contribution in [0.15, 0.2) is 11.6 Å². The van der Waals surface area contributed by atoms with Crippen molar-refractivity contribution in [1.29, 1.82) is 0 Å². The smallest absolute Gasteiger partial charge is 0.329 e. The molecule has 2 saturated heterocycles. The van der Waals surface area contributed by atoms with Gasteiger partial charge in [-0.2, -0.15) is 0 Å². The molecule has 1 aliphatic carbocycles. The Bertz CT molecular complexity index is 973. The van der Waals surface area contributed by atoms with Crippen molar-refractivity contribution in [3.05, 3.63) is 11.6 Å². The summed E-state index contributed by atoms with van der Waals surface area (Å²) in [7, 11) is 1.75. The third-order valence-corrected chi connectivity index (χ3v) is 9.10. The molecule has 2 heterocycles. The number of amides is 3. The summed E-state index contributed by atoms with van der Waals surface area (Å²) in [6.07, 6.45) is 8.97. The van der Waals surface area contributed by atoms with Crippen molar-refractivity contribution in [2.45, 2.75) is 136 Å². The van der Waals surface area contributed by atoms with E-state index in [9.17, 15) is 19.2 Å². The molecule has 0 aromatic heterocycles. The maximum atomic E-state index is 13.9. The molecule has 0 aromatic carbocycles. The molecule has 9 heteroatoms.